The van der Waals surface area contributed by atoms with Crippen molar-refractivity contribution in [3.8, 4) is 0 Å². The molecule has 1 saturated heterocycles. The number of nitrogens with one attached hydrogen (secondary N) is 1. The zero-order chi connectivity index (χ0) is 15.6. The summed E-state index contributed by atoms with van der Waals surface area (Å²) >= 11 is 0. The van der Waals surface area contributed by atoms with E-state index in [2.05, 4.69) is 44.8 Å². The molecule has 3 atom stereocenters. The Hall–Kier alpha value is -0.570. The monoisotopic (exact) mass is 294 g/mol. The first-order chi connectivity index (χ1) is 9.93. The summed E-state index contributed by atoms with van der Waals surface area (Å²) in [4.78, 5) is 15.2. The van der Waals surface area contributed by atoms with Gasteiger partial charge in [-0.1, -0.05) is 41.0 Å². The molecule has 1 aliphatic carbocycles. The highest BCUT2D eigenvalue weighted by atomic mass is 16.2. The van der Waals surface area contributed by atoms with Gasteiger partial charge in [-0.25, -0.2) is 0 Å². The topological polar surface area (TPSA) is 32.3 Å². The summed E-state index contributed by atoms with van der Waals surface area (Å²) in [7, 11) is 0. The number of nitrogens with zero attached hydrogens (tertiary/aromatic N) is 1. The minimum atomic E-state index is 0.0399. The van der Waals surface area contributed by atoms with Crippen molar-refractivity contribution in [3.05, 3.63) is 0 Å². The minimum Gasteiger partial charge on any atom is -0.323 e. The van der Waals surface area contributed by atoms with Gasteiger partial charge < -0.3 is 4.90 Å². The summed E-state index contributed by atoms with van der Waals surface area (Å²) in [6, 6.07) is 0.511. The predicted octanol–water partition coefficient (Wildman–Crippen LogP) is 3.78. The Morgan fingerprint density at radius 3 is 2.33 bits per heavy atom. The van der Waals surface area contributed by atoms with Crippen molar-refractivity contribution >= 4 is 5.91 Å². The Labute approximate surface area is 130 Å². The van der Waals surface area contributed by atoms with Crippen LogP contribution in [0.5, 0.6) is 0 Å². The summed E-state index contributed by atoms with van der Waals surface area (Å²) < 4.78 is 0. The molecule has 0 aromatic heterocycles. The molecule has 3 unspecified atom stereocenters. The lowest BCUT2D eigenvalue weighted by Crippen LogP contribution is -2.46. The van der Waals surface area contributed by atoms with Crippen LogP contribution >= 0.6 is 0 Å². The fourth-order valence-electron chi connectivity index (χ4n) is 3.90. The minimum absolute atomic E-state index is 0.0399. The largest absolute Gasteiger partial charge is 0.323 e. The maximum atomic E-state index is 12.9. The zero-order valence-corrected chi connectivity index (χ0v) is 14.6. The van der Waals surface area contributed by atoms with Crippen LogP contribution in [0.25, 0.3) is 0 Å². The number of hydrogen-bond acceptors (Lipinski definition) is 2. The summed E-state index contributed by atoms with van der Waals surface area (Å²) in [5.74, 6) is 2.26. The van der Waals surface area contributed by atoms with Crippen LogP contribution in [-0.2, 0) is 4.79 Å². The number of carbonyl (C=O) groups excluding carboxylic acids is 1. The molecule has 1 amide bonds. The normalized spacial score (nSPS) is 35.5. The molecule has 0 aromatic rings. The Kier molecular flexibility index (Phi) is 5.70. The van der Waals surface area contributed by atoms with Crippen molar-refractivity contribution in [2.24, 2.45) is 17.8 Å². The number of amides is 1. The summed E-state index contributed by atoms with van der Waals surface area (Å²) in [5, 5.41) is 3.66. The molecular formula is C18H34N2O. The van der Waals surface area contributed by atoms with Gasteiger partial charge in [-0.3, -0.25) is 10.1 Å². The van der Waals surface area contributed by atoms with E-state index in [0.717, 1.165) is 18.8 Å². The van der Waals surface area contributed by atoms with Crippen molar-refractivity contribution in [3.63, 3.8) is 0 Å². The molecule has 3 heteroatoms. The van der Waals surface area contributed by atoms with Gasteiger partial charge in [-0.2, -0.15) is 0 Å². The van der Waals surface area contributed by atoms with Crippen molar-refractivity contribution < 1.29 is 4.79 Å². The molecule has 1 aliphatic heterocycles. The second-order valence-corrected chi connectivity index (χ2v) is 7.83. The molecule has 1 heterocycles. The highest BCUT2D eigenvalue weighted by Gasteiger charge is 2.44. The van der Waals surface area contributed by atoms with E-state index in [9.17, 15) is 4.79 Å². The van der Waals surface area contributed by atoms with Crippen molar-refractivity contribution in [2.45, 2.75) is 91.4 Å². The summed E-state index contributed by atoms with van der Waals surface area (Å²) in [6.45, 7) is 11.2. The Morgan fingerprint density at radius 1 is 1.19 bits per heavy atom. The van der Waals surface area contributed by atoms with E-state index in [1.54, 1.807) is 0 Å². The Bertz CT molecular complexity index is 347. The molecule has 0 radical (unpaired) electrons. The maximum Gasteiger partial charge on any atom is 0.241 e. The zero-order valence-electron chi connectivity index (χ0n) is 14.6. The van der Waals surface area contributed by atoms with E-state index in [4.69, 9.17) is 0 Å². The van der Waals surface area contributed by atoms with Crippen LogP contribution < -0.4 is 5.32 Å². The molecule has 122 valence electrons. The molecular weight excluding hydrogens is 260 g/mol. The molecule has 2 aliphatic rings. The lowest BCUT2D eigenvalue weighted by Gasteiger charge is -2.37. The van der Waals surface area contributed by atoms with E-state index < -0.39 is 0 Å². The van der Waals surface area contributed by atoms with Crippen LogP contribution in [0.15, 0.2) is 0 Å². The quantitative estimate of drug-likeness (QED) is 0.837. The molecule has 0 spiro atoms. The van der Waals surface area contributed by atoms with E-state index in [1.807, 2.05) is 0 Å². The van der Waals surface area contributed by atoms with E-state index in [1.165, 1.54) is 25.7 Å². The van der Waals surface area contributed by atoms with Crippen LogP contribution in [0, 0.1) is 17.8 Å². The first-order valence-corrected chi connectivity index (χ1v) is 9.02. The third-order valence-corrected chi connectivity index (χ3v) is 5.51. The molecule has 1 saturated carbocycles. The second-order valence-electron chi connectivity index (χ2n) is 7.83. The highest BCUT2D eigenvalue weighted by molar-refractivity contribution is 5.85. The third kappa shape index (κ3) is 3.80. The fraction of sp³-hybridized carbons (Fsp3) is 0.944. The average molecular weight is 294 g/mol. The van der Waals surface area contributed by atoms with E-state index >= 15 is 0 Å². The van der Waals surface area contributed by atoms with E-state index in [-0.39, 0.29) is 12.2 Å². The average Bonchev–Trinajstić information content (AvgIpc) is 2.75. The van der Waals surface area contributed by atoms with Gasteiger partial charge in [-0.05, 0) is 49.9 Å². The van der Waals surface area contributed by atoms with Gasteiger partial charge in [0.2, 0.25) is 5.91 Å². The van der Waals surface area contributed by atoms with Gasteiger partial charge in [0, 0.05) is 6.04 Å². The van der Waals surface area contributed by atoms with Gasteiger partial charge in [0.25, 0.3) is 0 Å². The molecule has 2 rings (SSSR count). The first-order valence-electron chi connectivity index (χ1n) is 9.02. The van der Waals surface area contributed by atoms with Gasteiger partial charge in [0.05, 0.1) is 12.2 Å². The van der Waals surface area contributed by atoms with Crippen molar-refractivity contribution in [1.82, 2.24) is 10.2 Å². The Morgan fingerprint density at radius 2 is 1.81 bits per heavy atom. The van der Waals surface area contributed by atoms with E-state index in [0.29, 0.717) is 23.8 Å². The molecule has 3 nitrogen and oxygen atoms in total. The van der Waals surface area contributed by atoms with Crippen molar-refractivity contribution in [1.29, 1.82) is 0 Å². The fourth-order valence-corrected chi connectivity index (χ4v) is 3.90. The van der Waals surface area contributed by atoms with Crippen molar-refractivity contribution in [2.75, 3.05) is 0 Å². The standard InChI is InChI=1S/C18H34N2O/c1-6-14(5)17-18(21)20(16(19-17)11-12(2)3)15-9-7-13(4)8-10-15/h12-17,19H,6-11H2,1-5H3. The smallest absolute Gasteiger partial charge is 0.241 e. The SMILES string of the molecule is CCC(C)C1NC(CC(C)C)N(C2CCC(C)CC2)C1=O. The van der Waals surface area contributed by atoms with Gasteiger partial charge in [-0.15, -0.1) is 0 Å². The van der Waals surface area contributed by atoms with Crippen LogP contribution in [0.1, 0.15) is 73.1 Å². The molecule has 0 aromatic carbocycles. The van der Waals surface area contributed by atoms with Crippen LogP contribution in [0.2, 0.25) is 0 Å². The van der Waals surface area contributed by atoms with Gasteiger partial charge in [0.1, 0.15) is 0 Å². The lowest BCUT2D eigenvalue weighted by atomic mass is 9.86. The summed E-state index contributed by atoms with van der Waals surface area (Å²) in [6.07, 6.45) is 7.33. The first kappa shape index (κ1) is 16.8. The number of rotatable bonds is 5. The lowest BCUT2D eigenvalue weighted by molar-refractivity contribution is -0.134. The molecule has 0 bridgehead atoms. The maximum absolute atomic E-state index is 12.9. The van der Waals surface area contributed by atoms with Crippen LogP contribution in [0.3, 0.4) is 0 Å². The van der Waals surface area contributed by atoms with Crippen LogP contribution in [-0.4, -0.2) is 29.1 Å². The molecule has 21 heavy (non-hydrogen) atoms. The predicted molar refractivity (Wildman–Crippen MR) is 87.9 cm³/mol. The molecule has 2 fully saturated rings. The molecule has 1 N–H and O–H groups in total. The Balaban J connectivity index is 2.11. The van der Waals surface area contributed by atoms with Gasteiger partial charge >= 0.3 is 0 Å². The highest BCUT2D eigenvalue weighted by Crippen LogP contribution is 2.33. The second kappa shape index (κ2) is 7.13. The van der Waals surface area contributed by atoms with Gasteiger partial charge in [0.15, 0.2) is 0 Å². The third-order valence-electron chi connectivity index (χ3n) is 5.51. The van der Waals surface area contributed by atoms with Crippen LogP contribution in [0.4, 0.5) is 0 Å². The summed E-state index contributed by atoms with van der Waals surface area (Å²) in [5.41, 5.74) is 0. The number of carbonyl (C=O) groups is 1. The number of hydrogen-bond donors (Lipinski definition) is 1.